The second kappa shape index (κ2) is 5.16. The summed E-state index contributed by atoms with van der Waals surface area (Å²) in [6.45, 7) is -0.693. The highest BCUT2D eigenvalue weighted by atomic mass is 16.5. The number of rotatable bonds is 5. The molecule has 0 spiro atoms. The Hall–Kier alpha value is -0.650. The fourth-order valence-electron chi connectivity index (χ4n) is 0.371. The number of hydrogen-bond donors (Lipinski definition) is 3. The molecule has 3 N–H and O–H groups in total. The van der Waals surface area contributed by atoms with E-state index in [2.05, 4.69) is 4.74 Å². The van der Waals surface area contributed by atoms with Crippen molar-refractivity contribution >= 4 is 6.47 Å². The Morgan fingerprint density at radius 1 is 1.40 bits per heavy atom. The smallest absolute Gasteiger partial charge is 0.293 e. The quantitative estimate of drug-likeness (QED) is 0.390. The lowest BCUT2D eigenvalue weighted by molar-refractivity contribution is -0.134. The Labute approximate surface area is 57.9 Å². The lowest BCUT2D eigenvalue weighted by atomic mass is 10.2. The van der Waals surface area contributed by atoms with Gasteiger partial charge in [0.15, 0.2) is 0 Å². The number of aliphatic hydroxyl groups excluding tert-OH is 3. The molecule has 0 saturated carbocycles. The summed E-state index contributed by atoms with van der Waals surface area (Å²) in [7, 11) is 0. The van der Waals surface area contributed by atoms with Gasteiger partial charge in [-0.25, -0.2) is 0 Å². The summed E-state index contributed by atoms with van der Waals surface area (Å²) in [6.07, 6.45) is -2.46. The van der Waals surface area contributed by atoms with Gasteiger partial charge in [-0.05, 0) is 0 Å². The Morgan fingerprint density at radius 3 is 2.40 bits per heavy atom. The van der Waals surface area contributed by atoms with E-state index in [9.17, 15) is 4.79 Å². The van der Waals surface area contributed by atoms with Crippen molar-refractivity contribution in [2.24, 2.45) is 0 Å². The second-order valence-electron chi connectivity index (χ2n) is 1.75. The molecule has 2 unspecified atom stereocenters. The molecule has 0 bridgehead atoms. The normalized spacial score (nSPS) is 15.9. The highest BCUT2D eigenvalue weighted by Gasteiger charge is 2.14. The van der Waals surface area contributed by atoms with Gasteiger partial charge in [-0.15, -0.1) is 0 Å². The fourth-order valence-corrected chi connectivity index (χ4v) is 0.371. The first kappa shape index (κ1) is 9.35. The molecule has 0 heterocycles. The van der Waals surface area contributed by atoms with Crippen LogP contribution in [0.25, 0.3) is 0 Å². The Bertz CT molecular complexity index is 94.0. The first-order chi connectivity index (χ1) is 4.72. The molecule has 0 saturated heterocycles. The van der Waals surface area contributed by atoms with E-state index in [1.807, 2.05) is 0 Å². The first-order valence-corrected chi connectivity index (χ1v) is 2.74. The summed E-state index contributed by atoms with van der Waals surface area (Å²) in [5.41, 5.74) is 0. The van der Waals surface area contributed by atoms with Crippen LogP contribution in [-0.4, -0.2) is 47.2 Å². The van der Waals surface area contributed by atoms with Crippen molar-refractivity contribution in [1.29, 1.82) is 0 Å². The number of hydrogen-bond acceptors (Lipinski definition) is 5. The highest BCUT2D eigenvalue weighted by Crippen LogP contribution is 1.91. The summed E-state index contributed by atoms with van der Waals surface area (Å²) in [6, 6.07) is 0. The van der Waals surface area contributed by atoms with Crippen molar-refractivity contribution in [1.82, 2.24) is 0 Å². The fraction of sp³-hybridized carbons (Fsp3) is 0.800. The van der Waals surface area contributed by atoms with Crippen molar-refractivity contribution in [3.8, 4) is 0 Å². The summed E-state index contributed by atoms with van der Waals surface area (Å²) >= 11 is 0. The van der Waals surface area contributed by atoms with Crippen LogP contribution in [0.5, 0.6) is 0 Å². The average molecular weight is 150 g/mol. The maximum Gasteiger partial charge on any atom is 0.293 e. The van der Waals surface area contributed by atoms with E-state index in [1.54, 1.807) is 0 Å². The molecule has 0 fully saturated rings. The van der Waals surface area contributed by atoms with Crippen LogP contribution in [-0.2, 0) is 9.53 Å². The van der Waals surface area contributed by atoms with Gasteiger partial charge in [0, 0.05) is 0 Å². The van der Waals surface area contributed by atoms with Gasteiger partial charge in [0.1, 0.15) is 18.8 Å². The third-order valence-corrected chi connectivity index (χ3v) is 0.966. The molecule has 60 valence electrons. The summed E-state index contributed by atoms with van der Waals surface area (Å²) < 4.78 is 4.12. The molecule has 0 aromatic heterocycles. The van der Waals surface area contributed by atoms with Gasteiger partial charge in [0.05, 0.1) is 6.61 Å². The van der Waals surface area contributed by atoms with Crippen molar-refractivity contribution in [2.45, 2.75) is 12.2 Å². The summed E-state index contributed by atoms with van der Waals surface area (Å²) in [5.74, 6) is 0. The van der Waals surface area contributed by atoms with Crippen molar-refractivity contribution in [3.05, 3.63) is 0 Å². The minimum Gasteiger partial charge on any atom is -0.465 e. The first-order valence-electron chi connectivity index (χ1n) is 2.74. The van der Waals surface area contributed by atoms with Gasteiger partial charge < -0.3 is 20.1 Å². The van der Waals surface area contributed by atoms with E-state index < -0.39 is 18.8 Å². The highest BCUT2D eigenvalue weighted by molar-refractivity contribution is 5.36. The summed E-state index contributed by atoms with van der Waals surface area (Å²) in [5, 5.41) is 25.7. The predicted octanol–water partition coefficient (Wildman–Crippen LogP) is -2.13. The minimum absolute atomic E-state index is 0.160. The van der Waals surface area contributed by atoms with Gasteiger partial charge >= 0.3 is 0 Å². The monoisotopic (exact) mass is 150 g/mol. The van der Waals surface area contributed by atoms with E-state index in [-0.39, 0.29) is 13.1 Å². The average Bonchev–Trinajstić information content (AvgIpc) is 1.98. The van der Waals surface area contributed by atoms with E-state index in [1.165, 1.54) is 0 Å². The van der Waals surface area contributed by atoms with Crippen LogP contribution >= 0.6 is 0 Å². The SMILES string of the molecule is O=COCC(O)C(O)CO. The van der Waals surface area contributed by atoms with Crippen LogP contribution in [0.2, 0.25) is 0 Å². The molecule has 0 rings (SSSR count). The second-order valence-corrected chi connectivity index (χ2v) is 1.75. The lowest BCUT2D eigenvalue weighted by Gasteiger charge is -2.13. The Balaban J connectivity index is 3.40. The third kappa shape index (κ3) is 3.39. The number of carbonyl (C=O) groups excluding carboxylic acids is 1. The van der Waals surface area contributed by atoms with E-state index in [0.717, 1.165) is 0 Å². The molecule has 0 aliphatic rings. The van der Waals surface area contributed by atoms with Crippen LogP contribution in [0, 0.1) is 0 Å². The molecule has 10 heavy (non-hydrogen) atoms. The molecule has 0 aromatic rings. The number of carbonyl (C=O) groups is 1. The van der Waals surface area contributed by atoms with Gasteiger partial charge in [-0.3, -0.25) is 4.79 Å². The van der Waals surface area contributed by atoms with Crippen molar-refractivity contribution in [3.63, 3.8) is 0 Å². The molecule has 5 heteroatoms. The van der Waals surface area contributed by atoms with E-state index in [0.29, 0.717) is 0 Å². The molecule has 5 nitrogen and oxygen atoms in total. The van der Waals surface area contributed by atoms with Crippen LogP contribution < -0.4 is 0 Å². The topological polar surface area (TPSA) is 87.0 Å². The van der Waals surface area contributed by atoms with Gasteiger partial charge in [-0.2, -0.15) is 0 Å². The lowest BCUT2D eigenvalue weighted by Crippen LogP contribution is -2.33. The van der Waals surface area contributed by atoms with Crippen LogP contribution in [0.3, 0.4) is 0 Å². The third-order valence-electron chi connectivity index (χ3n) is 0.966. The molecule has 0 aliphatic heterocycles. The zero-order valence-corrected chi connectivity index (χ0v) is 5.30. The molecule has 0 amide bonds. The van der Waals surface area contributed by atoms with Crippen molar-refractivity contribution < 1.29 is 24.9 Å². The van der Waals surface area contributed by atoms with E-state index in [4.69, 9.17) is 15.3 Å². The maximum atomic E-state index is 9.54. The van der Waals surface area contributed by atoms with Crippen LogP contribution in [0.15, 0.2) is 0 Å². The van der Waals surface area contributed by atoms with Gasteiger partial charge in [0.25, 0.3) is 6.47 Å². The van der Waals surface area contributed by atoms with Gasteiger partial charge in [-0.1, -0.05) is 0 Å². The number of ether oxygens (including phenoxy) is 1. The molecular weight excluding hydrogens is 140 g/mol. The maximum absolute atomic E-state index is 9.54. The standard InChI is InChI=1S/C5H10O5/c6-1-4(8)5(9)2-10-3-7/h3-6,8-9H,1-2H2. The zero-order chi connectivity index (χ0) is 7.98. The molecule has 0 aromatic carbocycles. The molecule has 0 radical (unpaired) electrons. The van der Waals surface area contributed by atoms with Crippen molar-refractivity contribution in [2.75, 3.05) is 13.2 Å². The summed E-state index contributed by atoms with van der Waals surface area (Å²) in [4.78, 5) is 9.54. The molecule has 2 atom stereocenters. The largest absolute Gasteiger partial charge is 0.465 e. The van der Waals surface area contributed by atoms with Gasteiger partial charge in [0.2, 0.25) is 0 Å². The molecular formula is C5H10O5. The predicted molar refractivity (Wildman–Crippen MR) is 31.1 cm³/mol. The van der Waals surface area contributed by atoms with Crippen LogP contribution in [0.4, 0.5) is 0 Å². The zero-order valence-electron chi connectivity index (χ0n) is 5.30. The van der Waals surface area contributed by atoms with Crippen LogP contribution in [0.1, 0.15) is 0 Å². The van der Waals surface area contributed by atoms with E-state index >= 15 is 0 Å². The minimum atomic E-state index is -1.25. The molecule has 0 aliphatic carbocycles. The number of aliphatic hydroxyl groups is 3. The Kier molecular flexibility index (Phi) is 4.82. The Morgan fingerprint density at radius 2 is 2.00 bits per heavy atom.